The van der Waals surface area contributed by atoms with E-state index >= 15 is 0 Å². The molecule has 124 valence electrons. The lowest BCUT2D eigenvalue weighted by molar-refractivity contribution is 0.301. The Balaban J connectivity index is 1.83. The van der Waals surface area contributed by atoms with E-state index < -0.39 is 0 Å². The summed E-state index contributed by atoms with van der Waals surface area (Å²) in [5.74, 6) is 2.15. The van der Waals surface area contributed by atoms with Crippen LogP contribution in [0.3, 0.4) is 0 Å². The molecule has 0 spiro atoms. The first-order valence-corrected chi connectivity index (χ1v) is 8.33. The molecular formula is C20H27NO2. The number of para-hydroxylation sites is 1. The van der Waals surface area contributed by atoms with Crippen LogP contribution in [0.1, 0.15) is 36.8 Å². The van der Waals surface area contributed by atoms with E-state index in [2.05, 4.69) is 25.1 Å². The second-order valence-corrected chi connectivity index (χ2v) is 5.66. The van der Waals surface area contributed by atoms with Gasteiger partial charge in [0.25, 0.3) is 0 Å². The van der Waals surface area contributed by atoms with Crippen LogP contribution in [-0.2, 0) is 6.42 Å². The molecule has 0 aromatic heterocycles. The van der Waals surface area contributed by atoms with Gasteiger partial charge < -0.3 is 15.2 Å². The monoisotopic (exact) mass is 313 g/mol. The van der Waals surface area contributed by atoms with Crippen molar-refractivity contribution in [1.82, 2.24) is 0 Å². The number of ether oxygens (including phenoxy) is 2. The fraction of sp³-hybridized carbons (Fsp3) is 0.400. The van der Waals surface area contributed by atoms with Crippen molar-refractivity contribution in [1.29, 1.82) is 0 Å². The molecule has 1 unspecified atom stereocenters. The minimum absolute atomic E-state index is 0.303. The fourth-order valence-electron chi connectivity index (χ4n) is 2.75. The summed E-state index contributed by atoms with van der Waals surface area (Å²) in [6, 6.07) is 16.4. The molecule has 0 aliphatic heterocycles. The summed E-state index contributed by atoms with van der Waals surface area (Å²) in [7, 11) is 1.70. The Kier molecular flexibility index (Phi) is 6.95. The molecule has 0 saturated carbocycles. The molecule has 0 radical (unpaired) electrons. The van der Waals surface area contributed by atoms with Crippen molar-refractivity contribution >= 4 is 0 Å². The van der Waals surface area contributed by atoms with Crippen molar-refractivity contribution in [2.24, 2.45) is 5.73 Å². The van der Waals surface area contributed by atoms with Crippen LogP contribution in [0.2, 0.25) is 0 Å². The smallest absolute Gasteiger partial charge is 0.122 e. The van der Waals surface area contributed by atoms with Gasteiger partial charge in [-0.15, -0.1) is 0 Å². The van der Waals surface area contributed by atoms with Gasteiger partial charge >= 0.3 is 0 Å². The largest absolute Gasteiger partial charge is 0.496 e. The Morgan fingerprint density at radius 2 is 1.78 bits per heavy atom. The molecule has 23 heavy (non-hydrogen) atoms. The van der Waals surface area contributed by atoms with E-state index in [1.165, 1.54) is 11.1 Å². The van der Waals surface area contributed by atoms with Gasteiger partial charge in [0.15, 0.2) is 0 Å². The van der Waals surface area contributed by atoms with Crippen molar-refractivity contribution < 1.29 is 9.47 Å². The quantitative estimate of drug-likeness (QED) is 0.707. The first-order valence-electron chi connectivity index (χ1n) is 8.33. The van der Waals surface area contributed by atoms with Gasteiger partial charge in [0.2, 0.25) is 0 Å². The lowest BCUT2D eigenvalue weighted by Gasteiger charge is -2.18. The molecule has 0 amide bonds. The molecule has 0 aliphatic rings. The van der Waals surface area contributed by atoms with Crippen LogP contribution in [0, 0.1) is 0 Å². The van der Waals surface area contributed by atoms with E-state index in [9.17, 15) is 0 Å². The minimum atomic E-state index is 0.303. The second-order valence-electron chi connectivity index (χ2n) is 5.66. The summed E-state index contributed by atoms with van der Waals surface area (Å²) in [6.45, 7) is 3.48. The molecule has 0 heterocycles. The van der Waals surface area contributed by atoms with E-state index in [1.807, 2.05) is 30.3 Å². The molecule has 0 fully saturated rings. The number of nitrogens with two attached hydrogens (primary N) is 1. The minimum Gasteiger partial charge on any atom is -0.496 e. The van der Waals surface area contributed by atoms with Gasteiger partial charge in [0, 0.05) is 0 Å². The molecule has 2 rings (SSSR count). The van der Waals surface area contributed by atoms with E-state index in [1.54, 1.807) is 7.11 Å². The van der Waals surface area contributed by atoms with Crippen molar-refractivity contribution in [3.05, 3.63) is 59.7 Å². The fourth-order valence-corrected chi connectivity index (χ4v) is 2.75. The van der Waals surface area contributed by atoms with Crippen molar-refractivity contribution in [2.75, 3.05) is 20.3 Å². The maximum atomic E-state index is 5.96. The van der Waals surface area contributed by atoms with Gasteiger partial charge in [0.05, 0.1) is 13.7 Å². The highest BCUT2D eigenvalue weighted by Crippen LogP contribution is 2.29. The zero-order valence-electron chi connectivity index (χ0n) is 14.1. The van der Waals surface area contributed by atoms with Crippen LogP contribution in [0.4, 0.5) is 0 Å². The first-order chi connectivity index (χ1) is 11.3. The second kappa shape index (κ2) is 9.21. The number of rotatable bonds is 9. The third kappa shape index (κ3) is 5.00. The van der Waals surface area contributed by atoms with E-state index in [4.69, 9.17) is 15.2 Å². The predicted molar refractivity (Wildman–Crippen MR) is 95.3 cm³/mol. The number of hydrogen-bond donors (Lipinski definition) is 1. The molecule has 2 aromatic rings. The number of hydrogen-bond acceptors (Lipinski definition) is 3. The average molecular weight is 313 g/mol. The highest BCUT2D eigenvalue weighted by molar-refractivity contribution is 5.36. The zero-order chi connectivity index (χ0) is 16.5. The summed E-state index contributed by atoms with van der Waals surface area (Å²) in [6.07, 6.45) is 3.01. The molecule has 3 heteroatoms. The lowest BCUT2D eigenvalue weighted by atomic mass is 9.93. The Hall–Kier alpha value is -2.00. The predicted octanol–water partition coefficient (Wildman–Crippen LogP) is 4.16. The van der Waals surface area contributed by atoms with Crippen molar-refractivity contribution in [3.63, 3.8) is 0 Å². The zero-order valence-corrected chi connectivity index (χ0v) is 14.1. The maximum absolute atomic E-state index is 5.96. The van der Waals surface area contributed by atoms with Gasteiger partial charge in [0.1, 0.15) is 11.5 Å². The average Bonchev–Trinajstić information content (AvgIpc) is 2.62. The van der Waals surface area contributed by atoms with E-state index in [0.29, 0.717) is 19.1 Å². The van der Waals surface area contributed by atoms with Gasteiger partial charge in [-0.2, -0.15) is 0 Å². The van der Waals surface area contributed by atoms with Crippen LogP contribution in [0.25, 0.3) is 0 Å². The van der Waals surface area contributed by atoms with Gasteiger partial charge in [-0.1, -0.05) is 37.3 Å². The molecule has 1 atom stereocenters. The summed E-state index contributed by atoms with van der Waals surface area (Å²) < 4.78 is 11.3. The lowest BCUT2D eigenvalue weighted by Crippen LogP contribution is -2.14. The third-order valence-electron chi connectivity index (χ3n) is 4.16. The van der Waals surface area contributed by atoms with Gasteiger partial charge in [-0.05, 0) is 61.1 Å². The number of aryl methyl sites for hydroxylation is 1. The summed E-state index contributed by atoms with van der Waals surface area (Å²) >= 11 is 0. The van der Waals surface area contributed by atoms with Crippen LogP contribution < -0.4 is 15.2 Å². The summed E-state index contributed by atoms with van der Waals surface area (Å²) in [5.41, 5.74) is 8.47. The normalized spacial score (nSPS) is 12.0. The molecule has 2 aromatic carbocycles. The van der Waals surface area contributed by atoms with Gasteiger partial charge in [-0.3, -0.25) is 0 Å². The molecule has 0 aliphatic carbocycles. The van der Waals surface area contributed by atoms with Crippen molar-refractivity contribution in [2.45, 2.75) is 32.1 Å². The highest BCUT2D eigenvalue weighted by Gasteiger charge is 2.14. The standard InChI is InChI=1S/C20H27NO2/c1-3-16-10-12-18(13-11-16)23-14-6-7-17(15-21)19-8-4-5-9-20(19)22-2/h4-5,8-13,17H,3,6-7,14-15,21H2,1-2H3. The van der Waals surface area contributed by atoms with Crippen LogP contribution in [-0.4, -0.2) is 20.3 Å². The van der Waals surface area contributed by atoms with Crippen LogP contribution in [0.5, 0.6) is 11.5 Å². The Morgan fingerprint density at radius 1 is 1.04 bits per heavy atom. The number of benzene rings is 2. The third-order valence-corrected chi connectivity index (χ3v) is 4.16. The first kappa shape index (κ1) is 17.4. The number of methoxy groups -OCH3 is 1. The SMILES string of the molecule is CCc1ccc(OCCCC(CN)c2ccccc2OC)cc1. The van der Waals surface area contributed by atoms with Gasteiger partial charge in [-0.25, -0.2) is 0 Å². The molecule has 0 bridgehead atoms. The molecule has 0 saturated heterocycles. The molecule has 3 nitrogen and oxygen atoms in total. The molecule has 2 N–H and O–H groups in total. The molecular weight excluding hydrogens is 286 g/mol. The van der Waals surface area contributed by atoms with Crippen LogP contribution >= 0.6 is 0 Å². The maximum Gasteiger partial charge on any atom is 0.122 e. The Bertz CT molecular complexity index is 580. The summed E-state index contributed by atoms with van der Waals surface area (Å²) in [5, 5.41) is 0. The van der Waals surface area contributed by atoms with E-state index in [0.717, 1.165) is 30.8 Å². The highest BCUT2D eigenvalue weighted by atomic mass is 16.5. The topological polar surface area (TPSA) is 44.5 Å². The van der Waals surface area contributed by atoms with E-state index in [-0.39, 0.29) is 0 Å². The van der Waals surface area contributed by atoms with Crippen molar-refractivity contribution in [3.8, 4) is 11.5 Å². The Morgan fingerprint density at radius 3 is 2.43 bits per heavy atom. The Labute approximate surface area is 139 Å². The summed E-state index contributed by atoms with van der Waals surface area (Å²) in [4.78, 5) is 0. The van der Waals surface area contributed by atoms with Crippen LogP contribution in [0.15, 0.2) is 48.5 Å².